The van der Waals surface area contributed by atoms with Crippen molar-refractivity contribution in [1.29, 1.82) is 0 Å². The smallest absolute Gasteiger partial charge is 0.243 e. The molecule has 1 saturated carbocycles. The fraction of sp³-hybridized carbons (Fsp3) is 0.375. The molecule has 3 aromatic carbocycles. The zero-order chi connectivity index (χ0) is 25.3. The third-order valence-electron chi connectivity index (χ3n) is 7.06. The van der Waals surface area contributed by atoms with Crippen LogP contribution in [0.3, 0.4) is 0 Å². The minimum atomic E-state index is -0.576. The predicted molar refractivity (Wildman–Crippen MR) is 146 cm³/mol. The Bertz CT molecular complexity index is 1120. The summed E-state index contributed by atoms with van der Waals surface area (Å²) in [6.07, 6.45) is 6.32. The molecule has 2 amide bonds. The lowest BCUT2D eigenvalue weighted by Gasteiger charge is -2.33. The van der Waals surface area contributed by atoms with Crippen molar-refractivity contribution in [3.8, 4) is 0 Å². The number of carbonyl (C=O) groups excluding carboxylic acids is 2. The molecule has 4 heteroatoms. The first-order valence-electron chi connectivity index (χ1n) is 13.2. The van der Waals surface area contributed by atoms with E-state index in [0.717, 1.165) is 53.5 Å². The van der Waals surface area contributed by atoms with Crippen molar-refractivity contribution in [3.63, 3.8) is 0 Å². The molecule has 1 aliphatic carbocycles. The monoisotopic (exact) mass is 482 g/mol. The van der Waals surface area contributed by atoms with Crippen LogP contribution in [0.2, 0.25) is 0 Å². The quantitative estimate of drug-likeness (QED) is 0.411. The van der Waals surface area contributed by atoms with Gasteiger partial charge in [-0.3, -0.25) is 9.59 Å². The highest BCUT2D eigenvalue weighted by Crippen LogP contribution is 2.21. The number of nitrogens with one attached hydrogen (secondary N) is 1. The van der Waals surface area contributed by atoms with Crippen LogP contribution in [0.25, 0.3) is 0 Å². The van der Waals surface area contributed by atoms with Crippen LogP contribution >= 0.6 is 0 Å². The Labute approximate surface area is 215 Å². The van der Waals surface area contributed by atoms with Gasteiger partial charge in [0.2, 0.25) is 11.8 Å². The van der Waals surface area contributed by atoms with Gasteiger partial charge in [-0.2, -0.15) is 0 Å². The number of hydrogen-bond acceptors (Lipinski definition) is 2. The van der Waals surface area contributed by atoms with Crippen LogP contribution in [0.5, 0.6) is 0 Å². The van der Waals surface area contributed by atoms with Gasteiger partial charge in [-0.25, -0.2) is 0 Å². The Hall–Kier alpha value is -3.40. The third-order valence-corrected chi connectivity index (χ3v) is 7.06. The summed E-state index contributed by atoms with van der Waals surface area (Å²) in [6.45, 7) is 4.51. The van der Waals surface area contributed by atoms with E-state index in [1.807, 2.05) is 60.7 Å². The maximum absolute atomic E-state index is 13.9. The summed E-state index contributed by atoms with van der Waals surface area (Å²) in [4.78, 5) is 29.5. The highest BCUT2D eigenvalue weighted by molar-refractivity contribution is 5.89. The largest absolute Gasteiger partial charge is 0.352 e. The lowest BCUT2D eigenvalue weighted by molar-refractivity contribution is -0.141. The van der Waals surface area contributed by atoms with Crippen molar-refractivity contribution < 1.29 is 9.59 Å². The van der Waals surface area contributed by atoms with Crippen LogP contribution in [0.15, 0.2) is 78.9 Å². The number of amides is 2. The molecule has 0 saturated heterocycles. The summed E-state index contributed by atoms with van der Waals surface area (Å²) in [5.74, 6) is -0.0703. The van der Waals surface area contributed by atoms with Crippen LogP contribution in [0, 0.1) is 13.8 Å². The van der Waals surface area contributed by atoms with Gasteiger partial charge in [0.1, 0.15) is 6.04 Å². The van der Waals surface area contributed by atoms with Crippen LogP contribution < -0.4 is 5.32 Å². The summed E-state index contributed by atoms with van der Waals surface area (Å²) in [7, 11) is 0. The van der Waals surface area contributed by atoms with Crippen molar-refractivity contribution in [2.75, 3.05) is 0 Å². The maximum Gasteiger partial charge on any atom is 0.243 e. The molecule has 0 aliphatic heterocycles. The number of benzene rings is 3. The average molecular weight is 483 g/mol. The lowest BCUT2D eigenvalue weighted by Crippen LogP contribution is -2.53. The number of aryl methyl sites for hydroxylation is 2. The van der Waals surface area contributed by atoms with E-state index in [1.54, 1.807) is 4.90 Å². The van der Waals surface area contributed by atoms with E-state index in [4.69, 9.17) is 0 Å². The second kappa shape index (κ2) is 12.5. The summed E-state index contributed by atoms with van der Waals surface area (Å²) in [6, 6.07) is 25.9. The van der Waals surface area contributed by atoms with Crippen molar-refractivity contribution in [1.82, 2.24) is 10.2 Å². The average Bonchev–Trinajstić information content (AvgIpc) is 2.87. The van der Waals surface area contributed by atoms with E-state index >= 15 is 0 Å². The lowest BCUT2D eigenvalue weighted by atomic mass is 9.94. The summed E-state index contributed by atoms with van der Waals surface area (Å²) in [5, 5.41) is 3.31. The molecule has 0 spiro atoms. The molecule has 1 aliphatic rings. The van der Waals surface area contributed by atoms with Gasteiger partial charge < -0.3 is 10.2 Å². The van der Waals surface area contributed by atoms with Gasteiger partial charge in [0.05, 0.1) is 6.42 Å². The first kappa shape index (κ1) is 25.7. The summed E-state index contributed by atoms with van der Waals surface area (Å²) in [5.41, 5.74) is 5.35. The molecule has 0 aromatic heterocycles. The molecule has 1 atom stereocenters. The first-order valence-corrected chi connectivity index (χ1v) is 13.2. The Morgan fingerprint density at radius 1 is 0.806 bits per heavy atom. The molecular formula is C32H38N2O2. The van der Waals surface area contributed by atoms with E-state index < -0.39 is 6.04 Å². The molecule has 0 bridgehead atoms. The molecular weight excluding hydrogens is 444 g/mol. The SMILES string of the molecule is Cc1cc(C)cc(CC(=O)N(Cc2ccccc2)C(Cc2ccccc2)C(=O)NC2CCCCC2)c1. The molecule has 0 radical (unpaired) electrons. The van der Waals surface area contributed by atoms with Crippen molar-refractivity contribution in [2.45, 2.75) is 77.4 Å². The van der Waals surface area contributed by atoms with E-state index in [1.165, 1.54) is 6.42 Å². The Balaban J connectivity index is 1.65. The molecule has 4 nitrogen and oxygen atoms in total. The van der Waals surface area contributed by atoms with Crippen molar-refractivity contribution in [2.24, 2.45) is 0 Å². The molecule has 4 rings (SSSR count). The number of hydrogen-bond donors (Lipinski definition) is 1. The molecule has 36 heavy (non-hydrogen) atoms. The molecule has 1 unspecified atom stereocenters. The Morgan fingerprint density at radius 2 is 1.39 bits per heavy atom. The standard InChI is InChI=1S/C32H38N2O2/c1-24-18-25(2)20-28(19-24)22-31(35)34(23-27-14-8-4-9-15-27)30(21-26-12-6-3-7-13-26)32(36)33-29-16-10-5-11-17-29/h3-4,6-9,12-15,18-20,29-30H,5,10-11,16-17,21-23H2,1-2H3,(H,33,36). The second-order valence-corrected chi connectivity index (χ2v) is 10.2. The highest BCUT2D eigenvalue weighted by Gasteiger charge is 2.32. The fourth-order valence-electron chi connectivity index (χ4n) is 5.33. The predicted octanol–water partition coefficient (Wildman–Crippen LogP) is 5.93. The first-order chi connectivity index (χ1) is 17.5. The molecule has 3 aromatic rings. The Kier molecular flexibility index (Phi) is 8.94. The number of nitrogens with zero attached hydrogens (tertiary/aromatic N) is 1. The zero-order valence-corrected chi connectivity index (χ0v) is 21.6. The Morgan fingerprint density at radius 3 is 2.00 bits per heavy atom. The molecule has 0 heterocycles. The molecule has 1 N–H and O–H groups in total. The van der Waals surface area contributed by atoms with Gasteiger partial charge in [0, 0.05) is 19.0 Å². The van der Waals surface area contributed by atoms with Gasteiger partial charge in [-0.1, -0.05) is 109 Å². The van der Waals surface area contributed by atoms with E-state index in [2.05, 4.69) is 37.4 Å². The van der Waals surface area contributed by atoms with E-state index in [-0.39, 0.29) is 24.3 Å². The normalized spacial score (nSPS) is 14.7. The topological polar surface area (TPSA) is 49.4 Å². The molecule has 1 fully saturated rings. The minimum Gasteiger partial charge on any atom is -0.352 e. The van der Waals surface area contributed by atoms with Crippen LogP contribution in [-0.4, -0.2) is 28.8 Å². The highest BCUT2D eigenvalue weighted by atomic mass is 16.2. The minimum absolute atomic E-state index is 0.0245. The van der Waals surface area contributed by atoms with Gasteiger partial charge >= 0.3 is 0 Å². The van der Waals surface area contributed by atoms with Gasteiger partial charge in [-0.15, -0.1) is 0 Å². The van der Waals surface area contributed by atoms with Crippen LogP contribution in [0.4, 0.5) is 0 Å². The van der Waals surface area contributed by atoms with Gasteiger partial charge in [0.15, 0.2) is 0 Å². The van der Waals surface area contributed by atoms with Crippen molar-refractivity contribution in [3.05, 3.63) is 107 Å². The zero-order valence-electron chi connectivity index (χ0n) is 21.6. The van der Waals surface area contributed by atoms with E-state index in [0.29, 0.717) is 13.0 Å². The van der Waals surface area contributed by atoms with Crippen LogP contribution in [-0.2, 0) is 29.0 Å². The summed E-state index contributed by atoms with van der Waals surface area (Å²) >= 11 is 0. The van der Waals surface area contributed by atoms with Crippen molar-refractivity contribution >= 4 is 11.8 Å². The number of carbonyl (C=O) groups is 2. The molecule has 188 valence electrons. The third kappa shape index (κ3) is 7.30. The maximum atomic E-state index is 13.9. The fourth-order valence-corrected chi connectivity index (χ4v) is 5.33. The van der Waals surface area contributed by atoms with Gasteiger partial charge in [0.25, 0.3) is 0 Å². The number of rotatable bonds is 9. The van der Waals surface area contributed by atoms with Crippen LogP contribution in [0.1, 0.15) is 59.9 Å². The van der Waals surface area contributed by atoms with Gasteiger partial charge in [-0.05, 0) is 43.4 Å². The van der Waals surface area contributed by atoms with E-state index in [9.17, 15) is 9.59 Å². The summed E-state index contributed by atoms with van der Waals surface area (Å²) < 4.78 is 0. The second-order valence-electron chi connectivity index (χ2n) is 10.2.